The molecule has 2 rings (SSSR count). The van der Waals surface area contributed by atoms with E-state index in [0.29, 0.717) is 0 Å². The number of hydrogen-bond acceptors (Lipinski definition) is 1. The topological polar surface area (TPSA) is 0 Å². The van der Waals surface area contributed by atoms with E-state index in [0.717, 1.165) is 15.4 Å². The van der Waals surface area contributed by atoms with Crippen molar-refractivity contribution in [2.24, 2.45) is 0 Å². The summed E-state index contributed by atoms with van der Waals surface area (Å²) in [6.07, 6.45) is 5.32. The number of hydrogen-bond donors (Lipinski definition) is 0. The monoisotopic (exact) mass is 228 g/mol. The third-order valence-electron chi connectivity index (χ3n) is 2.05. The Balaban J connectivity index is 2.21. The van der Waals surface area contributed by atoms with Gasteiger partial charge in [-0.05, 0) is 42.5 Å². The van der Waals surface area contributed by atoms with Crippen molar-refractivity contribution >= 4 is 11.8 Å². The molecule has 2 heteroatoms. The minimum absolute atomic E-state index is 0.221. The largest absolute Gasteiger partial charge is 0.207 e. The third-order valence-corrected chi connectivity index (χ3v) is 3.05. The van der Waals surface area contributed by atoms with Crippen molar-refractivity contribution in [1.82, 2.24) is 0 Å². The van der Waals surface area contributed by atoms with E-state index in [1.807, 2.05) is 24.3 Å². The molecule has 78 valence electrons. The molecular formula is C14H9FS. The van der Waals surface area contributed by atoms with Crippen LogP contribution in [0.25, 0.3) is 0 Å². The fraction of sp³-hybridized carbons (Fsp3) is 0. The Hall–Kier alpha value is -1.72. The van der Waals surface area contributed by atoms with E-state index in [-0.39, 0.29) is 5.82 Å². The molecule has 0 aliphatic heterocycles. The highest BCUT2D eigenvalue weighted by Gasteiger charge is 1.98. The van der Waals surface area contributed by atoms with Crippen LogP contribution in [0.4, 0.5) is 4.39 Å². The summed E-state index contributed by atoms with van der Waals surface area (Å²) in [5.41, 5.74) is 0.854. The quantitative estimate of drug-likeness (QED) is 0.701. The van der Waals surface area contributed by atoms with Crippen molar-refractivity contribution in [3.63, 3.8) is 0 Å². The van der Waals surface area contributed by atoms with Gasteiger partial charge in [-0.3, -0.25) is 0 Å². The van der Waals surface area contributed by atoms with E-state index in [1.54, 1.807) is 23.9 Å². The van der Waals surface area contributed by atoms with Crippen molar-refractivity contribution in [3.05, 3.63) is 59.9 Å². The zero-order valence-corrected chi connectivity index (χ0v) is 9.30. The van der Waals surface area contributed by atoms with Gasteiger partial charge in [0.05, 0.1) is 0 Å². The van der Waals surface area contributed by atoms with E-state index in [1.165, 1.54) is 12.1 Å². The van der Waals surface area contributed by atoms with Gasteiger partial charge in [0.25, 0.3) is 0 Å². The lowest BCUT2D eigenvalue weighted by atomic mass is 10.2. The fourth-order valence-electron chi connectivity index (χ4n) is 1.29. The van der Waals surface area contributed by atoms with Crippen LogP contribution in [-0.4, -0.2) is 0 Å². The first-order chi connectivity index (χ1) is 7.78. The average Bonchev–Trinajstić information content (AvgIpc) is 2.32. The molecule has 0 spiro atoms. The van der Waals surface area contributed by atoms with Gasteiger partial charge < -0.3 is 0 Å². The second-order valence-electron chi connectivity index (χ2n) is 3.23. The lowest BCUT2D eigenvalue weighted by Crippen LogP contribution is -1.77. The van der Waals surface area contributed by atoms with Crippen LogP contribution in [0.2, 0.25) is 0 Å². The SMILES string of the molecule is C#Cc1cccc(Sc2ccc(F)cc2)c1. The fourth-order valence-corrected chi connectivity index (χ4v) is 2.16. The van der Waals surface area contributed by atoms with Crippen LogP contribution < -0.4 is 0 Å². The standard InChI is InChI=1S/C14H9FS/c1-2-11-4-3-5-14(10-11)16-13-8-6-12(15)7-9-13/h1,3-10H. The number of benzene rings is 2. The minimum atomic E-state index is -0.221. The van der Waals surface area contributed by atoms with Gasteiger partial charge in [-0.15, -0.1) is 6.42 Å². The van der Waals surface area contributed by atoms with Crippen LogP contribution in [0.5, 0.6) is 0 Å². The summed E-state index contributed by atoms with van der Waals surface area (Å²) in [6, 6.07) is 14.1. The molecule has 0 aliphatic carbocycles. The number of halogens is 1. The highest BCUT2D eigenvalue weighted by Crippen LogP contribution is 2.27. The molecule has 0 saturated carbocycles. The summed E-state index contributed by atoms with van der Waals surface area (Å²) < 4.78 is 12.7. The molecule has 0 aromatic heterocycles. The molecule has 16 heavy (non-hydrogen) atoms. The van der Waals surface area contributed by atoms with Gasteiger partial charge in [-0.25, -0.2) is 4.39 Å². The van der Waals surface area contributed by atoms with Crippen LogP contribution in [0.1, 0.15) is 5.56 Å². The lowest BCUT2D eigenvalue weighted by molar-refractivity contribution is 0.626. The Morgan fingerprint density at radius 1 is 1.00 bits per heavy atom. The van der Waals surface area contributed by atoms with Gasteiger partial charge in [-0.2, -0.15) is 0 Å². The Morgan fingerprint density at radius 3 is 2.44 bits per heavy atom. The molecule has 0 fully saturated rings. The first-order valence-corrected chi connectivity index (χ1v) is 5.60. The van der Waals surface area contributed by atoms with E-state index in [4.69, 9.17) is 6.42 Å². The van der Waals surface area contributed by atoms with Gasteiger partial charge in [0, 0.05) is 15.4 Å². The normalized spacial score (nSPS) is 9.75. The molecule has 0 unspecified atom stereocenters. The molecule has 0 bridgehead atoms. The van der Waals surface area contributed by atoms with E-state index < -0.39 is 0 Å². The Bertz CT molecular complexity index is 523. The number of terminal acetylenes is 1. The Kier molecular flexibility index (Phi) is 3.28. The van der Waals surface area contributed by atoms with Gasteiger partial charge in [0.15, 0.2) is 0 Å². The molecule has 2 aromatic rings. The zero-order valence-electron chi connectivity index (χ0n) is 8.48. The molecule has 0 amide bonds. The summed E-state index contributed by atoms with van der Waals surface area (Å²) in [5.74, 6) is 2.37. The molecule has 0 aliphatic rings. The van der Waals surface area contributed by atoms with E-state index in [9.17, 15) is 4.39 Å². The second kappa shape index (κ2) is 4.87. The van der Waals surface area contributed by atoms with Crippen molar-refractivity contribution < 1.29 is 4.39 Å². The molecule has 0 radical (unpaired) electrons. The van der Waals surface area contributed by atoms with Gasteiger partial charge in [-0.1, -0.05) is 23.7 Å². The summed E-state index contributed by atoms with van der Waals surface area (Å²) in [7, 11) is 0. The van der Waals surface area contributed by atoms with Crippen molar-refractivity contribution in [2.75, 3.05) is 0 Å². The maximum atomic E-state index is 12.7. The smallest absolute Gasteiger partial charge is 0.123 e. The molecular weight excluding hydrogens is 219 g/mol. The molecule has 0 nitrogen and oxygen atoms in total. The van der Waals surface area contributed by atoms with Gasteiger partial charge in [0.1, 0.15) is 5.82 Å². The second-order valence-corrected chi connectivity index (χ2v) is 4.38. The number of rotatable bonds is 2. The van der Waals surface area contributed by atoms with Crippen LogP contribution in [-0.2, 0) is 0 Å². The highest BCUT2D eigenvalue weighted by atomic mass is 32.2. The van der Waals surface area contributed by atoms with Crippen LogP contribution in [0.3, 0.4) is 0 Å². The summed E-state index contributed by atoms with van der Waals surface area (Å²) in [4.78, 5) is 2.05. The first-order valence-electron chi connectivity index (χ1n) is 4.78. The van der Waals surface area contributed by atoms with E-state index in [2.05, 4.69) is 5.92 Å². The Labute approximate surface area is 98.5 Å². The highest BCUT2D eigenvalue weighted by molar-refractivity contribution is 7.99. The molecule has 0 N–H and O–H groups in total. The summed E-state index contributed by atoms with van der Waals surface area (Å²) in [6.45, 7) is 0. The molecule has 0 heterocycles. The van der Waals surface area contributed by atoms with Crippen LogP contribution in [0, 0.1) is 18.2 Å². The first kappa shape index (κ1) is 10.8. The van der Waals surface area contributed by atoms with Crippen LogP contribution in [0.15, 0.2) is 58.3 Å². The lowest BCUT2D eigenvalue weighted by Gasteiger charge is -2.01. The zero-order chi connectivity index (χ0) is 11.4. The maximum absolute atomic E-state index is 12.7. The Morgan fingerprint density at radius 2 is 1.75 bits per heavy atom. The maximum Gasteiger partial charge on any atom is 0.123 e. The minimum Gasteiger partial charge on any atom is -0.207 e. The third kappa shape index (κ3) is 2.65. The summed E-state index contributed by atoms with van der Waals surface area (Å²) in [5, 5.41) is 0. The van der Waals surface area contributed by atoms with Crippen molar-refractivity contribution in [3.8, 4) is 12.3 Å². The molecule has 0 atom stereocenters. The average molecular weight is 228 g/mol. The molecule has 2 aromatic carbocycles. The molecule has 0 saturated heterocycles. The van der Waals surface area contributed by atoms with Gasteiger partial charge >= 0.3 is 0 Å². The predicted octanol–water partition coefficient (Wildman–Crippen LogP) is 3.96. The predicted molar refractivity (Wildman–Crippen MR) is 64.9 cm³/mol. The summed E-state index contributed by atoms with van der Waals surface area (Å²) >= 11 is 1.56. The van der Waals surface area contributed by atoms with Gasteiger partial charge in [0.2, 0.25) is 0 Å². The van der Waals surface area contributed by atoms with Crippen LogP contribution >= 0.6 is 11.8 Å². The van der Waals surface area contributed by atoms with Crippen molar-refractivity contribution in [1.29, 1.82) is 0 Å². The van der Waals surface area contributed by atoms with Crippen molar-refractivity contribution in [2.45, 2.75) is 9.79 Å². The van der Waals surface area contributed by atoms with E-state index >= 15 is 0 Å².